The number of aromatic nitrogens is 8. The summed E-state index contributed by atoms with van der Waals surface area (Å²) in [6.07, 6.45) is 0. The molecule has 0 radical (unpaired) electrons. The van der Waals surface area contributed by atoms with Crippen molar-refractivity contribution < 1.29 is 14.6 Å². The van der Waals surface area contributed by atoms with Gasteiger partial charge in [-0.1, -0.05) is 9.59 Å². The van der Waals surface area contributed by atoms with Crippen LogP contribution in [0.1, 0.15) is 0 Å². The van der Waals surface area contributed by atoms with Crippen LogP contribution in [0.3, 0.4) is 0 Å². The van der Waals surface area contributed by atoms with Crippen LogP contribution in [0.25, 0.3) is 0 Å². The molecule has 2 rings (SSSR count). The first-order chi connectivity index (χ1) is 9.06. The minimum Gasteiger partial charge on any atom is -0.390 e. The lowest BCUT2D eigenvalue weighted by Crippen LogP contribution is -2.11. The highest BCUT2D eigenvalue weighted by molar-refractivity contribution is 4.93. The van der Waals surface area contributed by atoms with Crippen LogP contribution in [0, 0.1) is 20.2 Å². The van der Waals surface area contributed by atoms with E-state index in [0.717, 1.165) is 9.59 Å². The summed E-state index contributed by atoms with van der Waals surface area (Å²) in [5.41, 5.74) is 0. The van der Waals surface area contributed by atoms with Crippen molar-refractivity contribution in [2.24, 2.45) is 0 Å². The Morgan fingerprint density at radius 1 is 0.947 bits per heavy atom. The molecule has 0 aliphatic carbocycles. The first-order valence-corrected chi connectivity index (χ1v) is 4.48. The molecule has 100 valence electrons. The molecule has 0 fully saturated rings. The number of hydrogen-bond acceptors (Lipinski definition) is 11. The number of tetrazole rings is 2. The summed E-state index contributed by atoms with van der Waals surface area (Å²) >= 11 is 0. The lowest BCUT2D eigenvalue weighted by atomic mass is 11.1. The molecular weight excluding hydrogens is 268 g/mol. The van der Waals surface area contributed by atoms with Crippen molar-refractivity contribution in [3.63, 3.8) is 0 Å². The van der Waals surface area contributed by atoms with Gasteiger partial charge in [-0.2, -0.15) is 0 Å². The average molecular weight is 272 g/mol. The number of ether oxygens (including phenoxy) is 1. The van der Waals surface area contributed by atoms with Gasteiger partial charge in [0.2, 0.25) is 0 Å². The van der Waals surface area contributed by atoms with Gasteiger partial charge in [0.15, 0.2) is 13.5 Å². The maximum Gasteiger partial charge on any atom is 0.514 e. The largest absolute Gasteiger partial charge is 0.514 e. The highest BCUT2D eigenvalue weighted by atomic mass is 16.6. The summed E-state index contributed by atoms with van der Waals surface area (Å²) in [5, 5.41) is 40.2. The first kappa shape index (κ1) is 12.4. The SMILES string of the molecule is O=[N+]([O-])c1nnn(COCn2nnc([N+](=O)[O-])n2)n1. The van der Waals surface area contributed by atoms with E-state index in [-0.39, 0.29) is 13.5 Å². The van der Waals surface area contributed by atoms with Gasteiger partial charge in [0.1, 0.15) is 0 Å². The van der Waals surface area contributed by atoms with Crippen LogP contribution < -0.4 is 0 Å². The molecule has 2 heterocycles. The maximum atomic E-state index is 10.3. The van der Waals surface area contributed by atoms with Gasteiger partial charge in [-0.15, -0.1) is 0 Å². The van der Waals surface area contributed by atoms with Crippen LogP contribution in [-0.4, -0.2) is 50.3 Å². The van der Waals surface area contributed by atoms with E-state index < -0.39 is 21.7 Å². The van der Waals surface area contributed by atoms with Crippen molar-refractivity contribution in [3.05, 3.63) is 20.2 Å². The first-order valence-electron chi connectivity index (χ1n) is 4.48. The minimum atomic E-state index is -0.814. The molecule has 15 nitrogen and oxygen atoms in total. The summed E-state index contributed by atoms with van der Waals surface area (Å²) in [6, 6.07) is 0. The van der Waals surface area contributed by atoms with Gasteiger partial charge in [-0.05, 0) is 9.85 Å². The monoisotopic (exact) mass is 272 g/mol. The number of hydrogen-bond donors (Lipinski definition) is 0. The third kappa shape index (κ3) is 2.97. The van der Waals surface area contributed by atoms with Gasteiger partial charge in [-0.25, -0.2) is 0 Å². The van der Waals surface area contributed by atoms with Crippen LogP contribution in [-0.2, 0) is 18.2 Å². The minimum absolute atomic E-state index is 0.268. The fourth-order valence-electron chi connectivity index (χ4n) is 0.929. The average Bonchev–Trinajstić information content (AvgIpc) is 2.97. The van der Waals surface area contributed by atoms with Crippen molar-refractivity contribution in [1.29, 1.82) is 0 Å². The summed E-state index contributed by atoms with van der Waals surface area (Å²) in [7, 11) is 0. The van der Waals surface area contributed by atoms with Crippen LogP contribution in [0.4, 0.5) is 11.9 Å². The molecule has 2 aromatic rings. The molecular formula is C4H4N10O5. The molecule has 0 aliphatic heterocycles. The van der Waals surface area contributed by atoms with Gasteiger partial charge in [0.05, 0.1) is 20.4 Å². The van der Waals surface area contributed by atoms with E-state index >= 15 is 0 Å². The lowest BCUT2D eigenvalue weighted by Gasteiger charge is -1.95. The second-order valence-electron chi connectivity index (χ2n) is 2.90. The van der Waals surface area contributed by atoms with Crippen LogP contribution in [0.2, 0.25) is 0 Å². The zero-order chi connectivity index (χ0) is 13.8. The molecule has 0 amide bonds. The summed E-state index contributed by atoms with van der Waals surface area (Å²) in [6.45, 7) is -0.535. The molecule has 0 N–H and O–H groups in total. The zero-order valence-electron chi connectivity index (χ0n) is 8.93. The summed E-state index contributed by atoms with van der Waals surface area (Å²) < 4.78 is 4.94. The molecule has 19 heavy (non-hydrogen) atoms. The van der Waals surface area contributed by atoms with Gasteiger partial charge in [0.25, 0.3) is 0 Å². The number of rotatable bonds is 6. The Labute approximate surface area is 102 Å². The second-order valence-corrected chi connectivity index (χ2v) is 2.90. The van der Waals surface area contributed by atoms with Gasteiger partial charge in [0, 0.05) is 10.4 Å². The third-order valence-electron chi connectivity index (χ3n) is 1.62. The van der Waals surface area contributed by atoms with E-state index in [4.69, 9.17) is 4.74 Å². The molecule has 0 atom stereocenters. The normalized spacial score (nSPS) is 10.5. The predicted octanol–water partition coefficient (Wildman–Crippen LogP) is -1.89. The number of nitro groups is 2. The van der Waals surface area contributed by atoms with Crippen LogP contribution >= 0.6 is 0 Å². The van der Waals surface area contributed by atoms with E-state index in [1.54, 1.807) is 0 Å². The number of nitrogens with zero attached hydrogens (tertiary/aromatic N) is 10. The third-order valence-corrected chi connectivity index (χ3v) is 1.62. The van der Waals surface area contributed by atoms with Crippen LogP contribution in [0.15, 0.2) is 0 Å². The Hall–Kier alpha value is -3.10. The van der Waals surface area contributed by atoms with E-state index in [1.807, 2.05) is 0 Å². The maximum absolute atomic E-state index is 10.3. The standard InChI is InChI=1S/C4H4N10O5/c15-13(16)3-5-9-11(7-3)1-19-2-12-8-4(6-10-12)14(17)18/h1-2H2. The molecule has 0 saturated heterocycles. The fourth-order valence-corrected chi connectivity index (χ4v) is 0.929. The molecule has 0 bridgehead atoms. The summed E-state index contributed by atoms with van der Waals surface area (Å²) in [5.74, 6) is -1.34. The molecule has 0 aromatic carbocycles. The molecule has 15 heteroatoms. The highest BCUT2D eigenvalue weighted by Crippen LogP contribution is 1.98. The van der Waals surface area contributed by atoms with Gasteiger partial charge < -0.3 is 25.0 Å². The van der Waals surface area contributed by atoms with Crippen molar-refractivity contribution >= 4 is 11.9 Å². The van der Waals surface area contributed by atoms with Crippen LogP contribution in [0.5, 0.6) is 0 Å². The second kappa shape index (κ2) is 5.04. The Balaban J connectivity index is 1.85. The van der Waals surface area contributed by atoms with Crippen molar-refractivity contribution in [2.75, 3.05) is 0 Å². The van der Waals surface area contributed by atoms with E-state index in [2.05, 4.69) is 30.8 Å². The van der Waals surface area contributed by atoms with Crippen molar-refractivity contribution in [1.82, 2.24) is 40.4 Å². The van der Waals surface area contributed by atoms with Gasteiger partial charge >= 0.3 is 11.9 Å². The smallest absolute Gasteiger partial charge is 0.390 e. The molecule has 2 aromatic heterocycles. The Morgan fingerprint density at radius 3 is 1.68 bits per heavy atom. The Morgan fingerprint density at radius 2 is 1.37 bits per heavy atom. The zero-order valence-corrected chi connectivity index (χ0v) is 8.93. The lowest BCUT2D eigenvalue weighted by molar-refractivity contribution is -0.394. The quantitative estimate of drug-likeness (QED) is 0.422. The van der Waals surface area contributed by atoms with E-state index in [1.165, 1.54) is 0 Å². The molecule has 0 spiro atoms. The fraction of sp³-hybridized carbons (Fsp3) is 0.500. The van der Waals surface area contributed by atoms with E-state index in [9.17, 15) is 20.2 Å². The van der Waals surface area contributed by atoms with Crippen molar-refractivity contribution in [3.8, 4) is 0 Å². The predicted molar refractivity (Wildman–Crippen MR) is 50.0 cm³/mol. The van der Waals surface area contributed by atoms with Gasteiger partial charge in [-0.3, -0.25) is 0 Å². The highest BCUT2D eigenvalue weighted by Gasteiger charge is 2.17. The Bertz CT molecular complexity index is 550. The molecule has 0 saturated carbocycles. The Kier molecular flexibility index (Phi) is 3.28. The van der Waals surface area contributed by atoms with E-state index in [0.29, 0.717) is 0 Å². The molecule has 0 unspecified atom stereocenters. The van der Waals surface area contributed by atoms with Crippen molar-refractivity contribution in [2.45, 2.75) is 13.5 Å². The molecule has 0 aliphatic rings. The summed E-state index contributed by atoms with van der Waals surface area (Å²) in [4.78, 5) is 20.6. The topological polar surface area (TPSA) is 183 Å².